The average Bonchev–Trinajstić information content (AvgIpc) is 2.79. The van der Waals surface area contributed by atoms with Gasteiger partial charge in [0.1, 0.15) is 18.2 Å². The molecule has 1 aliphatic rings. The second-order valence-corrected chi connectivity index (χ2v) is 5.45. The molecule has 0 radical (unpaired) electrons. The number of rotatable bonds is 3. The summed E-state index contributed by atoms with van der Waals surface area (Å²) in [6.45, 7) is 4.03. The van der Waals surface area contributed by atoms with Gasteiger partial charge in [-0.1, -0.05) is 55.1 Å². The first-order valence-corrected chi connectivity index (χ1v) is 7.66. The predicted molar refractivity (Wildman–Crippen MR) is 98.1 cm³/mol. The lowest BCUT2D eigenvalue weighted by Gasteiger charge is -2.09. The molecule has 0 unspecified atom stereocenters. The Balaban J connectivity index is 2.20. The van der Waals surface area contributed by atoms with Crippen LogP contribution in [0.15, 0.2) is 85.0 Å². The van der Waals surface area contributed by atoms with Gasteiger partial charge < -0.3 is 10.5 Å². The molecule has 2 aromatic carbocycles. The van der Waals surface area contributed by atoms with Crippen LogP contribution in [0, 0.1) is 0 Å². The van der Waals surface area contributed by atoms with E-state index in [0.717, 1.165) is 11.1 Å². The van der Waals surface area contributed by atoms with Gasteiger partial charge in [0, 0.05) is 22.4 Å². The van der Waals surface area contributed by atoms with E-state index in [1.54, 1.807) is 36.4 Å². The number of para-hydroxylation sites is 1. The number of fused-ring (bicyclic) bond motifs is 1. The van der Waals surface area contributed by atoms with Gasteiger partial charge in [-0.25, -0.2) is 4.39 Å². The zero-order chi connectivity index (χ0) is 16.9. The topological polar surface area (TPSA) is 35.2 Å². The maximum atomic E-state index is 15.2. The van der Waals surface area contributed by atoms with Crippen LogP contribution in [0.2, 0.25) is 0 Å². The van der Waals surface area contributed by atoms with Crippen LogP contribution >= 0.6 is 0 Å². The first kappa shape index (κ1) is 15.8. The van der Waals surface area contributed by atoms with Crippen LogP contribution in [0.5, 0.6) is 5.75 Å². The number of ether oxygens (including phenoxy) is 1. The van der Waals surface area contributed by atoms with Gasteiger partial charge in [0.05, 0.1) is 0 Å². The van der Waals surface area contributed by atoms with Crippen LogP contribution in [-0.4, -0.2) is 6.61 Å². The quantitative estimate of drug-likeness (QED) is 0.626. The minimum absolute atomic E-state index is 0.329. The van der Waals surface area contributed by atoms with Crippen molar-refractivity contribution in [2.24, 2.45) is 0 Å². The van der Waals surface area contributed by atoms with Crippen molar-refractivity contribution in [1.82, 2.24) is 0 Å². The highest BCUT2D eigenvalue weighted by atomic mass is 19.1. The SMILES string of the molecule is C=C/C=C\C1=CC(=C(/F)c2cccc(N)c2)/c2ccccc2OC1. The Hall–Kier alpha value is -3.07. The molecule has 1 aliphatic heterocycles. The monoisotopic (exact) mass is 319 g/mol. The number of nitrogens with two attached hydrogens (primary N) is 1. The molecule has 120 valence electrons. The van der Waals surface area contributed by atoms with Gasteiger partial charge in [-0.3, -0.25) is 0 Å². The molecule has 0 bridgehead atoms. The van der Waals surface area contributed by atoms with Gasteiger partial charge in [0.15, 0.2) is 0 Å². The van der Waals surface area contributed by atoms with Crippen molar-refractivity contribution in [2.45, 2.75) is 0 Å². The smallest absolute Gasteiger partial charge is 0.138 e. The van der Waals surface area contributed by atoms with E-state index in [1.807, 2.05) is 36.4 Å². The zero-order valence-electron chi connectivity index (χ0n) is 13.2. The maximum Gasteiger partial charge on any atom is 0.138 e. The molecule has 0 amide bonds. The molecule has 2 N–H and O–H groups in total. The number of anilines is 1. The molecule has 0 saturated carbocycles. The summed E-state index contributed by atoms with van der Waals surface area (Å²) < 4.78 is 21.1. The van der Waals surface area contributed by atoms with Gasteiger partial charge in [-0.15, -0.1) is 0 Å². The van der Waals surface area contributed by atoms with Gasteiger partial charge in [-0.05, 0) is 29.8 Å². The Bertz CT molecular complexity index is 862. The van der Waals surface area contributed by atoms with Crippen molar-refractivity contribution in [1.29, 1.82) is 0 Å². The Morgan fingerprint density at radius 2 is 2.00 bits per heavy atom. The van der Waals surface area contributed by atoms with E-state index in [-0.39, 0.29) is 5.83 Å². The van der Waals surface area contributed by atoms with E-state index in [1.165, 1.54) is 0 Å². The Morgan fingerprint density at radius 1 is 1.17 bits per heavy atom. The average molecular weight is 319 g/mol. The van der Waals surface area contributed by atoms with Crippen LogP contribution in [0.1, 0.15) is 11.1 Å². The molecule has 0 atom stereocenters. The highest BCUT2D eigenvalue weighted by molar-refractivity contribution is 5.95. The van der Waals surface area contributed by atoms with Crippen molar-refractivity contribution in [3.8, 4) is 5.75 Å². The largest absolute Gasteiger partial charge is 0.488 e. The summed E-state index contributed by atoms with van der Waals surface area (Å²) in [5.41, 5.74) is 8.83. The van der Waals surface area contributed by atoms with E-state index in [0.29, 0.717) is 29.2 Å². The Morgan fingerprint density at radius 3 is 2.79 bits per heavy atom. The number of allylic oxidation sites excluding steroid dienone is 4. The number of nitrogen functional groups attached to an aromatic ring is 1. The minimum Gasteiger partial charge on any atom is -0.488 e. The third kappa shape index (κ3) is 3.30. The minimum atomic E-state index is -0.329. The first-order chi connectivity index (χ1) is 11.7. The summed E-state index contributed by atoms with van der Waals surface area (Å²) in [6, 6.07) is 14.3. The molecule has 1 heterocycles. The third-order valence-electron chi connectivity index (χ3n) is 3.72. The van der Waals surface area contributed by atoms with Gasteiger partial charge in [0.25, 0.3) is 0 Å². The number of hydrogen-bond acceptors (Lipinski definition) is 2. The molecule has 0 aliphatic carbocycles. The fraction of sp³-hybridized carbons (Fsp3) is 0.0476. The second-order valence-electron chi connectivity index (χ2n) is 5.45. The highest BCUT2D eigenvalue weighted by Gasteiger charge is 2.17. The lowest BCUT2D eigenvalue weighted by atomic mass is 9.99. The van der Waals surface area contributed by atoms with E-state index < -0.39 is 0 Å². The van der Waals surface area contributed by atoms with Gasteiger partial charge in [0.2, 0.25) is 0 Å². The van der Waals surface area contributed by atoms with E-state index in [2.05, 4.69) is 6.58 Å². The Kier molecular flexibility index (Phi) is 4.62. The molecule has 3 rings (SSSR count). The predicted octanol–water partition coefficient (Wildman–Crippen LogP) is 5.17. The molecule has 24 heavy (non-hydrogen) atoms. The lowest BCUT2D eigenvalue weighted by molar-refractivity contribution is 0.356. The zero-order valence-corrected chi connectivity index (χ0v) is 13.2. The van der Waals surface area contributed by atoms with Crippen LogP contribution in [-0.2, 0) is 0 Å². The number of benzene rings is 2. The van der Waals surface area contributed by atoms with Crippen molar-refractivity contribution < 1.29 is 9.13 Å². The van der Waals surface area contributed by atoms with Crippen LogP contribution < -0.4 is 10.5 Å². The summed E-state index contributed by atoms with van der Waals surface area (Å²) >= 11 is 0. The van der Waals surface area contributed by atoms with Crippen LogP contribution in [0.3, 0.4) is 0 Å². The summed E-state index contributed by atoms with van der Waals surface area (Å²) in [4.78, 5) is 0. The summed E-state index contributed by atoms with van der Waals surface area (Å²) in [5, 5.41) is 0. The fourth-order valence-corrected chi connectivity index (χ4v) is 2.58. The molecular weight excluding hydrogens is 301 g/mol. The lowest BCUT2D eigenvalue weighted by Crippen LogP contribution is -1.97. The first-order valence-electron chi connectivity index (χ1n) is 7.66. The molecule has 3 heteroatoms. The molecule has 2 nitrogen and oxygen atoms in total. The van der Waals surface area contributed by atoms with Gasteiger partial charge >= 0.3 is 0 Å². The molecule has 0 fully saturated rings. The molecular formula is C21H18FNO. The number of halogens is 1. The van der Waals surface area contributed by atoms with E-state index in [9.17, 15) is 0 Å². The maximum absolute atomic E-state index is 15.2. The Labute approximate surface area is 141 Å². The standard InChI is InChI=1S/C21H18FNO/c1-2-3-7-15-12-19(18-10-4-5-11-20(18)24-14-15)21(22)16-8-6-9-17(23)13-16/h2-13H,1,14,23H2/b7-3-,21-19-. The number of hydrogen-bond donors (Lipinski definition) is 1. The van der Waals surface area contributed by atoms with Crippen molar-refractivity contribution in [3.05, 3.63) is 96.1 Å². The second kappa shape index (κ2) is 7.01. The molecule has 0 aromatic heterocycles. The summed E-state index contributed by atoms with van der Waals surface area (Å²) in [6.07, 6.45) is 7.16. The summed E-state index contributed by atoms with van der Waals surface area (Å²) in [5.74, 6) is 0.328. The van der Waals surface area contributed by atoms with Crippen molar-refractivity contribution >= 4 is 17.1 Å². The molecule has 2 aromatic rings. The van der Waals surface area contributed by atoms with E-state index >= 15 is 4.39 Å². The molecule has 0 saturated heterocycles. The van der Waals surface area contributed by atoms with Crippen LogP contribution in [0.4, 0.5) is 10.1 Å². The highest BCUT2D eigenvalue weighted by Crippen LogP contribution is 2.37. The van der Waals surface area contributed by atoms with Crippen molar-refractivity contribution in [2.75, 3.05) is 12.3 Å². The third-order valence-corrected chi connectivity index (χ3v) is 3.72. The van der Waals surface area contributed by atoms with Crippen LogP contribution in [0.25, 0.3) is 11.4 Å². The normalized spacial score (nSPS) is 16.0. The van der Waals surface area contributed by atoms with Gasteiger partial charge in [-0.2, -0.15) is 0 Å². The fourth-order valence-electron chi connectivity index (χ4n) is 2.58. The van der Waals surface area contributed by atoms with E-state index in [4.69, 9.17) is 10.5 Å². The van der Waals surface area contributed by atoms with Crippen molar-refractivity contribution in [3.63, 3.8) is 0 Å². The molecule has 0 spiro atoms. The summed E-state index contributed by atoms with van der Waals surface area (Å²) in [7, 11) is 0.